The van der Waals surface area contributed by atoms with E-state index >= 15 is 0 Å². The van der Waals surface area contributed by atoms with E-state index in [-0.39, 0.29) is 61.8 Å². The Bertz CT molecular complexity index is 2360. The van der Waals surface area contributed by atoms with E-state index in [1.54, 1.807) is 43.3 Å². The Balaban J connectivity index is 0.852. The first-order chi connectivity index (χ1) is 29.8. The zero-order valence-electron chi connectivity index (χ0n) is 35.3. The molecule has 1 fully saturated rings. The number of hydrogen-bond acceptors (Lipinski definition) is 12. The summed E-state index contributed by atoms with van der Waals surface area (Å²) in [6.45, 7) is 3.56. The molecule has 18 heteroatoms. The number of thiophene rings is 1. The van der Waals surface area contributed by atoms with Gasteiger partial charge in [-0.15, -0.1) is 11.3 Å². The highest BCUT2D eigenvalue weighted by molar-refractivity contribution is 7.18. The number of aromatic amines is 1. The number of carbonyl (C=O) groups is 6. The van der Waals surface area contributed by atoms with Crippen molar-refractivity contribution in [3.63, 3.8) is 0 Å². The van der Waals surface area contributed by atoms with Gasteiger partial charge in [-0.1, -0.05) is 37.8 Å². The lowest BCUT2D eigenvalue weighted by Gasteiger charge is -2.28. The lowest BCUT2D eigenvalue weighted by Crippen LogP contribution is -2.45. The number of aliphatic carboxylic acids is 1. The molecule has 17 nitrogen and oxygen atoms in total. The number of ether oxygens (including phenoxy) is 1. The second kappa shape index (κ2) is 21.1. The van der Waals surface area contributed by atoms with E-state index in [1.807, 2.05) is 36.0 Å². The molecular formula is C44H54N8O9S. The van der Waals surface area contributed by atoms with Gasteiger partial charge in [0, 0.05) is 46.6 Å². The number of aromatic nitrogens is 2. The Morgan fingerprint density at radius 3 is 2.55 bits per heavy atom. The van der Waals surface area contributed by atoms with Crippen molar-refractivity contribution < 1.29 is 38.6 Å². The number of nitrogens with one attached hydrogen (secondary N) is 4. The quantitative estimate of drug-likeness (QED) is 0.0619. The Hall–Kier alpha value is -6.14. The maximum Gasteiger partial charge on any atom is 0.326 e. The first-order valence-electron chi connectivity index (χ1n) is 21.0. The number of carboxylic acid groups (broad SMARTS) is 1. The summed E-state index contributed by atoms with van der Waals surface area (Å²) >= 11 is 1.21. The van der Waals surface area contributed by atoms with E-state index in [1.165, 1.54) is 16.2 Å². The number of amides is 5. The van der Waals surface area contributed by atoms with Crippen molar-refractivity contribution in [2.45, 2.75) is 89.8 Å². The number of carbonyl (C=O) groups excluding carboxylic acids is 5. The van der Waals surface area contributed by atoms with Gasteiger partial charge >= 0.3 is 5.97 Å². The summed E-state index contributed by atoms with van der Waals surface area (Å²) in [6, 6.07) is 12.4. The Labute approximate surface area is 363 Å². The summed E-state index contributed by atoms with van der Waals surface area (Å²) in [5.74, 6) is -2.40. The minimum absolute atomic E-state index is 0.0448. The number of rotatable bonds is 20. The van der Waals surface area contributed by atoms with E-state index in [0.717, 1.165) is 49.1 Å². The number of unbranched alkanes of at least 4 members (excludes halogenated alkanes) is 5. The topological polar surface area (TPSA) is 223 Å². The minimum atomic E-state index is -1.24. The number of imide groups is 1. The van der Waals surface area contributed by atoms with Crippen molar-refractivity contribution in [2.75, 3.05) is 50.3 Å². The second-order valence-corrected chi connectivity index (χ2v) is 16.8. The van der Waals surface area contributed by atoms with Crippen molar-refractivity contribution in [1.82, 2.24) is 30.8 Å². The lowest BCUT2D eigenvalue weighted by atomic mass is 10.1. The van der Waals surface area contributed by atoms with E-state index in [0.29, 0.717) is 64.5 Å². The minimum Gasteiger partial charge on any atom is -0.480 e. The molecule has 1 saturated heterocycles. The number of hydrogen-bond donors (Lipinski definition) is 5. The maximum absolute atomic E-state index is 13.6. The molecule has 0 spiro atoms. The van der Waals surface area contributed by atoms with Crippen molar-refractivity contribution in [3.05, 3.63) is 86.3 Å². The maximum atomic E-state index is 13.6. The zero-order valence-corrected chi connectivity index (χ0v) is 36.1. The van der Waals surface area contributed by atoms with Gasteiger partial charge < -0.3 is 40.6 Å². The van der Waals surface area contributed by atoms with Crippen molar-refractivity contribution in [3.8, 4) is 0 Å². The molecule has 4 aromatic rings. The second-order valence-electron chi connectivity index (χ2n) is 15.8. The van der Waals surface area contributed by atoms with Crippen molar-refractivity contribution in [1.29, 1.82) is 0 Å². The molecule has 2 aromatic carbocycles. The first-order valence-corrected chi connectivity index (χ1v) is 21.8. The van der Waals surface area contributed by atoms with Gasteiger partial charge in [0.15, 0.2) is 0 Å². The van der Waals surface area contributed by atoms with Crippen LogP contribution in [0.25, 0.3) is 10.9 Å². The van der Waals surface area contributed by atoms with E-state index in [9.17, 15) is 38.7 Å². The molecule has 5 amide bonds. The summed E-state index contributed by atoms with van der Waals surface area (Å²) in [5.41, 5.74) is 2.73. The van der Waals surface area contributed by atoms with Crippen LogP contribution < -0.4 is 31.3 Å². The average Bonchev–Trinajstić information content (AvgIpc) is 3.83. The monoisotopic (exact) mass is 870 g/mol. The summed E-state index contributed by atoms with van der Waals surface area (Å²) in [5, 5.41) is 19.1. The van der Waals surface area contributed by atoms with Crippen molar-refractivity contribution >= 4 is 68.4 Å². The third kappa shape index (κ3) is 11.4. The fraction of sp³-hybridized carbons (Fsp3) is 0.455. The van der Waals surface area contributed by atoms with E-state index in [2.05, 4.69) is 25.9 Å². The molecule has 6 rings (SSSR count). The molecule has 0 saturated carbocycles. The van der Waals surface area contributed by atoms with E-state index < -0.39 is 24.0 Å². The molecule has 62 heavy (non-hydrogen) atoms. The van der Waals surface area contributed by atoms with Crippen LogP contribution in [0, 0.1) is 6.92 Å². The fourth-order valence-electron chi connectivity index (χ4n) is 7.72. The largest absolute Gasteiger partial charge is 0.480 e. The van der Waals surface area contributed by atoms with Crippen LogP contribution in [0.3, 0.4) is 0 Å². The molecule has 1 unspecified atom stereocenters. The predicted octanol–water partition coefficient (Wildman–Crippen LogP) is 4.33. The number of nitrogens with zero attached hydrogens (tertiary/aromatic N) is 4. The summed E-state index contributed by atoms with van der Waals surface area (Å²) in [6.07, 6.45) is 5.92. The Morgan fingerprint density at radius 1 is 0.984 bits per heavy atom. The number of carboxylic acids is 1. The SMILES string of the molecule is Cc1nc2ccc(CN(C)c3ccc(C(=O)N[C@@H](CCC(=O)NCCCCCCCCN(C)c4cccc5c4C(=O)N(C4CCC(=O)NCOC4)C5=O)C(=O)O)s3)cc2c(=O)[nH]1. The smallest absolute Gasteiger partial charge is 0.326 e. The predicted molar refractivity (Wildman–Crippen MR) is 235 cm³/mol. The number of fused-ring (bicyclic) bond motifs is 2. The normalized spacial score (nSPS) is 15.7. The molecule has 2 aliphatic rings. The van der Waals surface area contributed by atoms with Crippen LogP contribution in [0.1, 0.15) is 106 Å². The van der Waals surface area contributed by atoms with Crippen LogP contribution in [-0.2, 0) is 25.7 Å². The highest BCUT2D eigenvalue weighted by Gasteiger charge is 2.42. The highest BCUT2D eigenvalue weighted by Crippen LogP contribution is 2.34. The molecule has 4 heterocycles. The molecule has 0 bridgehead atoms. The molecule has 5 N–H and O–H groups in total. The highest BCUT2D eigenvalue weighted by atomic mass is 32.1. The molecule has 330 valence electrons. The van der Waals surface area contributed by atoms with Gasteiger partial charge in [-0.25, -0.2) is 9.78 Å². The third-order valence-electron chi connectivity index (χ3n) is 11.1. The van der Waals surface area contributed by atoms with E-state index in [4.69, 9.17) is 4.74 Å². The standard InChI is InChI=1S/C44H54N8O9S/c1-27-47-32-15-13-28(23-31(32)40(55)48-27)24-51(3)38-20-17-35(62-38)41(56)49-33(44(59)60)16-19-36(53)45-21-8-6-4-5-7-9-22-50(2)34-12-10-11-30-39(34)43(58)52(42(30)57)29-14-18-37(54)46-26-61-25-29/h10-13,15,17,20,23,29,33H,4-9,14,16,18-19,21-22,24-26H2,1-3H3,(H,45,53)(H,46,54)(H,49,56)(H,59,60)(H,47,48,55)/t29?,33-/m0/s1. The Morgan fingerprint density at radius 2 is 1.76 bits per heavy atom. The fourth-order valence-corrected chi connectivity index (χ4v) is 8.59. The summed E-state index contributed by atoms with van der Waals surface area (Å²) in [4.78, 5) is 101. The Kier molecular flexibility index (Phi) is 15.4. The number of aryl methyl sites for hydroxylation is 1. The van der Waals surface area contributed by atoms with Gasteiger partial charge in [-0.3, -0.25) is 33.7 Å². The van der Waals surface area contributed by atoms with Crippen LogP contribution in [-0.4, -0.2) is 108 Å². The summed E-state index contributed by atoms with van der Waals surface area (Å²) in [7, 11) is 3.77. The lowest BCUT2D eigenvalue weighted by molar-refractivity contribution is -0.139. The number of anilines is 2. The first kappa shape index (κ1) is 45.4. The molecule has 2 atom stereocenters. The molecule has 2 aliphatic heterocycles. The van der Waals surface area contributed by atoms with Gasteiger partial charge in [-0.05, 0) is 74.6 Å². The zero-order chi connectivity index (χ0) is 44.3. The van der Waals surface area contributed by atoms with Gasteiger partial charge in [0.1, 0.15) is 18.6 Å². The van der Waals surface area contributed by atoms with Crippen LogP contribution in [0.5, 0.6) is 0 Å². The number of H-pyrrole nitrogens is 1. The van der Waals surface area contributed by atoms with Crippen LogP contribution in [0.4, 0.5) is 10.7 Å². The molecular weight excluding hydrogens is 817 g/mol. The van der Waals surface area contributed by atoms with Gasteiger partial charge in [0.25, 0.3) is 23.3 Å². The number of benzene rings is 2. The third-order valence-corrected chi connectivity index (χ3v) is 12.3. The van der Waals surface area contributed by atoms with Crippen molar-refractivity contribution in [2.24, 2.45) is 0 Å². The van der Waals surface area contributed by atoms with Gasteiger partial charge in [0.05, 0.1) is 50.2 Å². The van der Waals surface area contributed by atoms with Crippen LogP contribution >= 0.6 is 11.3 Å². The van der Waals surface area contributed by atoms with Gasteiger partial charge in [-0.2, -0.15) is 0 Å². The average molecular weight is 871 g/mol. The molecule has 2 aromatic heterocycles. The summed E-state index contributed by atoms with van der Waals surface area (Å²) < 4.78 is 5.49. The van der Waals surface area contributed by atoms with Crippen LogP contribution in [0.15, 0.2) is 53.3 Å². The molecule has 0 radical (unpaired) electrons. The molecule has 0 aliphatic carbocycles. The van der Waals surface area contributed by atoms with Gasteiger partial charge in [0.2, 0.25) is 11.8 Å². The van der Waals surface area contributed by atoms with Crippen LogP contribution in [0.2, 0.25) is 0 Å².